The quantitative estimate of drug-likeness (QED) is 0.398. The standard InChI is InChI=1S/C27H34N4O5/c1-18(36-21-13-11-20(12-14-21)27(2,3)4)24(32)29-23-22(28-17-19-9-7-6-8-10-19)25(33)30-26(34)31(23)15-16-35-5/h6-14,18,28H,15-17H2,1-5H3,(H,29,32)(H,30,33,34). The van der Waals surface area contributed by atoms with E-state index >= 15 is 0 Å². The average Bonchev–Trinajstić information content (AvgIpc) is 2.83. The number of aromatic nitrogens is 2. The van der Waals surface area contributed by atoms with Crippen LogP contribution < -0.4 is 26.6 Å². The van der Waals surface area contributed by atoms with E-state index in [2.05, 4.69) is 36.4 Å². The third kappa shape index (κ3) is 6.85. The molecule has 3 aromatic rings. The van der Waals surface area contributed by atoms with Gasteiger partial charge in [-0.05, 0) is 35.6 Å². The first-order valence-corrected chi connectivity index (χ1v) is 11.8. The molecule has 0 aliphatic heterocycles. The molecule has 0 bridgehead atoms. The van der Waals surface area contributed by atoms with Gasteiger partial charge in [-0.25, -0.2) is 4.79 Å². The molecule has 9 heteroatoms. The van der Waals surface area contributed by atoms with Gasteiger partial charge in [0, 0.05) is 13.7 Å². The predicted molar refractivity (Wildman–Crippen MR) is 141 cm³/mol. The minimum Gasteiger partial charge on any atom is -0.481 e. The molecule has 0 aliphatic rings. The lowest BCUT2D eigenvalue weighted by Gasteiger charge is -2.21. The van der Waals surface area contributed by atoms with Crippen LogP contribution in [0.1, 0.15) is 38.8 Å². The number of H-pyrrole nitrogens is 1. The topological polar surface area (TPSA) is 114 Å². The van der Waals surface area contributed by atoms with Gasteiger partial charge in [0.05, 0.1) is 13.2 Å². The van der Waals surface area contributed by atoms with Crippen molar-refractivity contribution in [3.05, 3.63) is 86.6 Å². The summed E-state index contributed by atoms with van der Waals surface area (Å²) in [6.07, 6.45) is -0.891. The number of aromatic amines is 1. The van der Waals surface area contributed by atoms with E-state index in [1.807, 2.05) is 54.6 Å². The third-order valence-electron chi connectivity index (χ3n) is 5.67. The predicted octanol–water partition coefficient (Wildman–Crippen LogP) is 3.50. The Morgan fingerprint density at radius 1 is 1.06 bits per heavy atom. The average molecular weight is 495 g/mol. The summed E-state index contributed by atoms with van der Waals surface area (Å²) in [6.45, 7) is 8.62. The van der Waals surface area contributed by atoms with E-state index in [0.717, 1.165) is 11.1 Å². The van der Waals surface area contributed by atoms with Gasteiger partial charge in [-0.15, -0.1) is 0 Å². The first-order valence-electron chi connectivity index (χ1n) is 11.8. The summed E-state index contributed by atoms with van der Waals surface area (Å²) in [6, 6.07) is 17.0. The number of carbonyl (C=O) groups excluding carboxylic acids is 1. The van der Waals surface area contributed by atoms with Crippen molar-refractivity contribution < 1.29 is 14.3 Å². The highest BCUT2D eigenvalue weighted by atomic mass is 16.5. The summed E-state index contributed by atoms with van der Waals surface area (Å²) in [7, 11) is 1.50. The lowest BCUT2D eigenvalue weighted by molar-refractivity contribution is -0.122. The van der Waals surface area contributed by atoms with Gasteiger partial charge < -0.3 is 20.1 Å². The lowest BCUT2D eigenvalue weighted by atomic mass is 9.87. The summed E-state index contributed by atoms with van der Waals surface area (Å²) in [5.74, 6) is 0.0878. The maximum Gasteiger partial charge on any atom is 0.330 e. The molecule has 3 N–H and O–H groups in total. The first kappa shape index (κ1) is 26.7. The Hall–Kier alpha value is -3.85. The molecular weight excluding hydrogens is 460 g/mol. The van der Waals surface area contributed by atoms with Crippen molar-refractivity contribution in [2.75, 3.05) is 24.4 Å². The van der Waals surface area contributed by atoms with Gasteiger partial charge in [0.2, 0.25) is 0 Å². The number of nitrogens with one attached hydrogen (secondary N) is 3. The Labute approximate surface area is 210 Å². The molecule has 2 aromatic carbocycles. The number of anilines is 2. The van der Waals surface area contributed by atoms with Gasteiger partial charge in [0.15, 0.2) is 6.10 Å². The summed E-state index contributed by atoms with van der Waals surface area (Å²) >= 11 is 0. The maximum absolute atomic E-state index is 13.1. The smallest absolute Gasteiger partial charge is 0.330 e. The maximum atomic E-state index is 13.1. The lowest BCUT2D eigenvalue weighted by Crippen LogP contribution is -2.38. The third-order valence-corrected chi connectivity index (χ3v) is 5.67. The highest BCUT2D eigenvalue weighted by Gasteiger charge is 2.22. The SMILES string of the molecule is COCCn1c(NC(=O)C(C)Oc2ccc(C(C)(C)C)cc2)c(NCc2ccccc2)c(=O)[nH]c1=O. The normalized spacial score (nSPS) is 12.1. The fourth-order valence-electron chi connectivity index (χ4n) is 3.56. The minimum atomic E-state index is -0.891. The van der Waals surface area contributed by atoms with E-state index in [1.54, 1.807) is 6.92 Å². The number of rotatable bonds is 10. The first-order chi connectivity index (χ1) is 17.1. The molecule has 0 aliphatic carbocycles. The summed E-state index contributed by atoms with van der Waals surface area (Å²) in [5.41, 5.74) is 0.863. The van der Waals surface area contributed by atoms with E-state index in [-0.39, 0.29) is 30.1 Å². The van der Waals surface area contributed by atoms with Crippen LogP contribution in [0.3, 0.4) is 0 Å². The van der Waals surface area contributed by atoms with Gasteiger partial charge in [-0.1, -0.05) is 63.2 Å². The van der Waals surface area contributed by atoms with Gasteiger partial charge in [0.1, 0.15) is 17.3 Å². The van der Waals surface area contributed by atoms with E-state index < -0.39 is 23.3 Å². The van der Waals surface area contributed by atoms with Crippen molar-refractivity contribution in [3.63, 3.8) is 0 Å². The highest BCUT2D eigenvalue weighted by Crippen LogP contribution is 2.25. The van der Waals surface area contributed by atoms with Crippen LogP contribution in [-0.4, -0.2) is 35.3 Å². The number of benzene rings is 2. The molecular formula is C27H34N4O5. The minimum absolute atomic E-state index is 0.00307. The summed E-state index contributed by atoms with van der Waals surface area (Å²) in [5, 5.41) is 5.78. The molecule has 1 aromatic heterocycles. The van der Waals surface area contributed by atoms with Crippen molar-refractivity contribution in [1.82, 2.24) is 9.55 Å². The van der Waals surface area contributed by atoms with Crippen LogP contribution in [0.4, 0.5) is 11.5 Å². The molecule has 9 nitrogen and oxygen atoms in total. The number of methoxy groups -OCH3 is 1. The summed E-state index contributed by atoms with van der Waals surface area (Å²) < 4.78 is 12.2. The van der Waals surface area contributed by atoms with Crippen molar-refractivity contribution >= 4 is 17.4 Å². The number of carbonyl (C=O) groups is 1. The molecule has 0 radical (unpaired) electrons. The Balaban J connectivity index is 1.85. The van der Waals surface area contributed by atoms with Gasteiger partial charge >= 0.3 is 5.69 Å². The molecule has 1 heterocycles. The van der Waals surface area contributed by atoms with Crippen LogP contribution in [0.5, 0.6) is 5.75 Å². The second kappa shape index (κ2) is 11.7. The Bertz CT molecular complexity index is 1270. The van der Waals surface area contributed by atoms with Crippen molar-refractivity contribution in [2.45, 2.75) is 52.3 Å². The Morgan fingerprint density at radius 3 is 2.33 bits per heavy atom. The molecule has 1 unspecified atom stereocenters. The molecule has 1 amide bonds. The van der Waals surface area contributed by atoms with Crippen LogP contribution in [0.15, 0.2) is 64.2 Å². The van der Waals surface area contributed by atoms with E-state index in [9.17, 15) is 14.4 Å². The second-order valence-electron chi connectivity index (χ2n) is 9.49. The molecule has 0 fully saturated rings. The summed E-state index contributed by atoms with van der Waals surface area (Å²) in [4.78, 5) is 40.7. The zero-order chi connectivity index (χ0) is 26.3. The van der Waals surface area contributed by atoms with Crippen LogP contribution in [-0.2, 0) is 28.0 Å². The second-order valence-corrected chi connectivity index (χ2v) is 9.49. The molecule has 0 saturated heterocycles. The van der Waals surface area contributed by atoms with Crippen LogP contribution in [0, 0.1) is 0 Å². The molecule has 3 rings (SSSR count). The largest absolute Gasteiger partial charge is 0.481 e. The number of hydrogen-bond donors (Lipinski definition) is 3. The van der Waals surface area contributed by atoms with Crippen molar-refractivity contribution in [2.24, 2.45) is 0 Å². The van der Waals surface area contributed by atoms with E-state index in [4.69, 9.17) is 9.47 Å². The fourth-order valence-corrected chi connectivity index (χ4v) is 3.56. The van der Waals surface area contributed by atoms with Crippen molar-refractivity contribution in [1.29, 1.82) is 0 Å². The monoisotopic (exact) mass is 494 g/mol. The molecule has 192 valence electrons. The van der Waals surface area contributed by atoms with Gasteiger partial charge in [0.25, 0.3) is 11.5 Å². The number of amides is 1. The van der Waals surface area contributed by atoms with Crippen LogP contribution in [0.2, 0.25) is 0 Å². The van der Waals surface area contributed by atoms with Gasteiger partial charge in [-0.3, -0.25) is 19.1 Å². The molecule has 1 atom stereocenters. The van der Waals surface area contributed by atoms with E-state index in [0.29, 0.717) is 12.3 Å². The van der Waals surface area contributed by atoms with Crippen LogP contribution >= 0.6 is 0 Å². The van der Waals surface area contributed by atoms with Gasteiger partial charge in [-0.2, -0.15) is 0 Å². The Morgan fingerprint density at radius 2 is 1.72 bits per heavy atom. The zero-order valence-electron chi connectivity index (χ0n) is 21.4. The Kier molecular flexibility index (Phi) is 8.71. The van der Waals surface area contributed by atoms with Crippen molar-refractivity contribution in [3.8, 4) is 5.75 Å². The molecule has 36 heavy (non-hydrogen) atoms. The number of hydrogen-bond acceptors (Lipinski definition) is 6. The van der Waals surface area contributed by atoms with E-state index in [1.165, 1.54) is 11.7 Å². The zero-order valence-corrected chi connectivity index (χ0v) is 21.4. The van der Waals surface area contributed by atoms with Crippen LogP contribution in [0.25, 0.3) is 0 Å². The molecule has 0 spiro atoms. The number of ether oxygens (including phenoxy) is 2. The fraction of sp³-hybridized carbons (Fsp3) is 0.370. The molecule has 0 saturated carbocycles. The highest BCUT2D eigenvalue weighted by molar-refractivity contribution is 5.95. The number of nitrogens with zero attached hydrogens (tertiary/aromatic N) is 1.